The maximum absolute atomic E-state index is 10.8. The third-order valence-corrected chi connectivity index (χ3v) is 6.04. The molecular formula is C18H29NO4Si. The van der Waals surface area contributed by atoms with Crippen LogP contribution in [0, 0.1) is 10.1 Å². The molecule has 0 heterocycles. The molecule has 0 aliphatic carbocycles. The minimum Gasteiger partial charge on any atom is -0.430 e. The van der Waals surface area contributed by atoms with E-state index in [0.717, 1.165) is 31.2 Å². The van der Waals surface area contributed by atoms with Crippen molar-refractivity contribution < 1.29 is 14.5 Å². The molecule has 0 unspecified atom stereocenters. The van der Waals surface area contributed by atoms with Gasteiger partial charge in [-0.25, -0.2) is 0 Å². The smallest absolute Gasteiger partial charge is 0.269 e. The van der Waals surface area contributed by atoms with E-state index in [9.17, 15) is 14.9 Å². The molecule has 6 heteroatoms. The van der Waals surface area contributed by atoms with Crippen LogP contribution < -0.4 is 0 Å². The Morgan fingerprint density at radius 3 is 2.42 bits per heavy atom. The quantitative estimate of drug-likeness (QED) is 0.202. The predicted octanol–water partition coefficient (Wildman–Crippen LogP) is 4.91. The second-order valence-electron chi connectivity index (χ2n) is 6.64. The summed E-state index contributed by atoms with van der Waals surface area (Å²) in [7, 11) is -2.45. The second-order valence-corrected chi connectivity index (χ2v) is 10.6. The van der Waals surface area contributed by atoms with Gasteiger partial charge in [-0.15, -0.1) is 6.58 Å². The van der Waals surface area contributed by atoms with Gasteiger partial charge in [-0.3, -0.25) is 10.1 Å². The van der Waals surface area contributed by atoms with Gasteiger partial charge in [0.2, 0.25) is 8.32 Å². The lowest BCUT2D eigenvalue weighted by atomic mass is 10.1. The first-order valence-electron chi connectivity index (χ1n) is 8.52. The van der Waals surface area contributed by atoms with E-state index in [1.54, 1.807) is 18.2 Å². The Balaban J connectivity index is 2.91. The molecule has 0 aliphatic heterocycles. The third-order valence-electron chi connectivity index (χ3n) is 4.04. The van der Waals surface area contributed by atoms with E-state index in [0.29, 0.717) is 6.42 Å². The lowest BCUT2D eigenvalue weighted by Gasteiger charge is -2.31. The highest BCUT2D eigenvalue weighted by Crippen LogP contribution is 2.29. The number of rotatable bonds is 11. The first-order valence-corrected chi connectivity index (χ1v) is 11.5. The number of hydrogen-bond acceptors (Lipinski definition) is 4. The van der Waals surface area contributed by atoms with Gasteiger partial charge < -0.3 is 9.53 Å². The topological polar surface area (TPSA) is 72.6 Å². The van der Waals surface area contributed by atoms with E-state index in [4.69, 9.17) is 4.74 Å². The molecule has 1 rings (SSSR count). The number of nitro benzene ring substituents is 1. The fourth-order valence-corrected chi connectivity index (χ4v) is 4.01. The average molecular weight is 352 g/mol. The summed E-state index contributed by atoms with van der Waals surface area (Å²) >= 11 is 0. The number of non-ortho nitro benzene ring substituents is 1. The number of hydrogen-bond donors (Lipinski definition) is 1. The second kappa shape index (κ2) is 9.71. The molecule has 24 heavy (non-hydrogen) atoms. The molecule has 0 fully saturated rings. The summed E-state index contributed by atoms with van der Waals surface area (Å²) in [5.41, 5.74) is 0.774. The fourth-order valence-electron chi connectivity index (χ4n) is 2.60. The van der Waals surface area contributed by atoms with Crippen LogP contribution in [0.1, 0.15) is 50.7 Å². The number of benzene rings is 1. The molecule has 0 saturated carbocycles. The zero-order valence-electron chi connectivity index (χ0n) is 14.9. The molecule has 0 radical (unpaired) electrons. The van der Waals surface area contributed by atoms with Crippen LogP contribution in [0.3, 0.4) is 0 Å². The van der Waals surface area contributed by atoms with Gasteiger partial charge in [0, 0.05) is 12.1 Å². The molecule has 134 valence electrons. The average Bonchev–Trinajstić information content (AvgIpc) is 2.52. The maximum atomic E-state index is 10.8. The molecule has 5 nitrogen and oxygen atoms in total. The summed E-state index contributed by atoms with van der Waals surface area (Å²) in [6.07, 6.45) is 6.25. The van der Waals surface area contributed by atoms with Crippen LogP contribution in [-0.2, 0) is 4.74 Å². The molecule has 1 N–H and O–H groups in total. The summed E-state index contributed by atoms with van der Waals surface area (Å²) in [5, 5.41) is 10.8. The number of ether oxygens (including phenoxy) is 1. The van der Waals surface area contributed by atoms with Gasteiger partial charge in [0.25, 0.3) is 5.69 Å². The van der Waals surface area contributed by atoms with Crippen molar-refractivity contribution in [2.75, 3.05) is 0 Å². The molecule has 0 aliphatic rings. The van der Waals surface area contributed by atoms with Gasteiger partial charge in [-0.1, -0.05) is 32.3 Å². The van der Waals surface area contributed by atoms with Crippen LogP contribution in [0.2, 0.25) is 13.1 Å². The Morgan fingerprint density at radius 1 is 1.33 bits per heavy atom. The lowest BCUT2D eigenvalue weighted by molar-refractivity contribution is -0.384. The Hall–Kier alpha value is -1.50. The minimum atomic E-state index is -2.45. The molecule has 0 aromatic heterocycles. The first kappa shape index (κ1) is 20.5. The summed E-state index contributed by atoms with van der Waals surface area (Å²) in [6, 6.07) is 6.42. The highest BCUT2D eigenvalue weighted by Gasteiger charge is 2.33. The summed E-state index contributed by atoms with van der Waals surface area (Å²) in [5.74, 6) is 0. The van der Waals surface area contributed by atoms with E-state index in [1.807, 2.05) is 13.1 Å². The normalized spacial score (nSPS) is 14.2. The van der Waals surface area contributed by atoms with Crippen LogP contribution in [0.25, 0.3) is 0 Å². The van der Waals surface area contributed by atoms with Crippen LogP contribution in [0.4, 0.5) is 5.69 Å². The monoisotopic (exact) mass is 351 g/mol. The highest BCUT2D eigenvalue weighted by molar-refractivity contribution is 6.71. The van der Waals surface area contributed by atoms with Crippen molar-refractivity contribution in [1.29, 1.82) is 0 Å². The standard InChI is InChI=1S/C18H29NO4Si/c1-5-7-8-10-18(24(3,4)22)23-17(9-6-2)15-11-13-16(14-12-15)19(20)21/h6,11-14,17-18,22H,2,5,7-10H2,1,3-4H3/t17-,18+/m1/s1. The minimum absolute atomic E-state index is 0.0625. The third kappa shape index (κ3) is 6.55. The summed E-state index contributed by atoms with van der Waals surface area (Å²) in [4.78, 5) is 20.9. The zero-order chi connectivity index (χ0) is 18.2. The summed E-state index contributed by atoms with van der Waals surface area (Å²) in [6.45, 7) is 9.71. The van der Waals surface area contributed by atoms with Crippen molar-refractivity contribution in [2.45, 2.75) is 64.0 Å². The molecule has 1 aromatic rings. The molecule has 0 saturated heterocycles. The first-order chi connectivity index (χ1) is 11.3. The Morgan fingerprint density at radius 2 is 1.96 bits per heavy atom. The number of nitrogens with zero attached hydrogens (tertiary/aromatic N) is 1. The largest absolute Gasteiger partial charge is 0.430 e. The van der Waals surface area contributed by atoms with E-state index in [1.165, 1.54) is 12.1 Å². The molecule has 0 bridgehead atoms. The van der Waals surface area contributed by atoms with Gasteiger partial charge in [0.1, 0.15) is 0 Å². The van der Waals surface area contributed by atoms with E-state index in [-0.39, 0.29) is 17.5 Å². The Kier molecular flexibility index (Phi) is 8.31. The van der Waals surface area contributed by atoms with Crippen molar-refractivity contribution in [3.05, 3.63) is 52.6 Å². The SMILES string of the molecule is C=CC[C@@H](O[C@H](CCCCC)[Si](C)(C)O)c1ccc([N+](=O)[O-])cc1. The zero-order valence-corrected chi connectivity index (χ0v) is 15.9. The Bertz CT molecular complexity index is 525. The van der Waals surface area contributed by atoms with E-state index < -0.39 is 13.2 Å². The number of unbranched alkanes of at least 4 members (excludes halogenated alkanes) is 2. The lowest BCUT2D eigenvalue weighted by Crippen LogP contribution is -2.44. The number of nitro groups is 1. The van der Waals surface area contributed by atoms with Gasteiger partial charge in [-0.2, -0.15) is 0 Å². The maximum Gasteiger partial charge on any atom is 0.269 e. The fraction of sp³-hybridized carbons (Fsp3) is 0.556. The molecule has 2 atom stereocenters. The van der Waals surface area contributed by atoms with Crippen LogP contribution in [0.15, 0.2) is 36.9 Å². The Labute approximate surface area is 145 Å². The summed E-state index contributed by atoms with van der Waals surface area (Å²) < 4.78 is 6.26. The molecular weight excluding hydrogens is 322 g/mol. The van der Waals surface area contributed by atoms with Crippen molar-refractivity contribution in [3.8, 4) is 0 Å². The van der Waals surface area contributed by atoms with Crippen LogP contribution in [-0.4, -0.2) is 23.8 Å². The van der Waals surface area contributed by atoms with Crippen molar-refractivity contribution in [2.24, 2.45) is 0 Å². The molecule has 1 aromatic carbocycles. The van der Waals surface area contributed by atoms with Crippen LogP contribution in [0.5, 0.6) is 0 Å². The van der Waals surface area contributed by atoms with Gasteiger partial charge in [-0.05, 0) is 43.6 Å². The van der Waals surface area contributed by atoms with Gasteiger partial charge in [0.15, 0.2) is 0 Å². The van der Waals surface area contributed by atoms with Crippen molar-refractivity contribution in [1.82, 2.24) is 0 Å². The van der Waals surface area contributed by atoms with Gasteiger partial charge >= 0.3 is 0 Å². The predicted molar refractivity (Wildman–Crippen MR) is 99.4 cm³/mol. The van der Waals surface area contributed by atoms with Crippen LogP contribution >= 0.6 is 0 Å². The van der Waals surface area contributed by atoms with E-state index >= 15 is 0 Å². The van der Waals surface area contributed by atoms with Crippen molar-refractivity contribution in [3.63, 3.8) is 0 Å². The van der Waals surface area contributed by atoms with E-state index in [2.05, 4.69) is 13.5 Å². The van der Waals surface area contributed by atoms with Crippen molar-refractivity contribution >= 4 is 14.0 Å². The molecule has 0 amide bonds. The molecule has 0 spiro atoms. The highest BCUT2D eigenvalue weighted by atomic mass is 28.4. The van der Waals surface area contributed by atoms with Gasteiger partial charge in [0.05, 0.1) is 16.8 Å².